The van der Waals surface area contributed by atoms with Crippen molar-refractivity contribution >= 4 is 5.91 Å². The number of rotatable bonds is 3. The highest BCUT2D eigenvalue weighted by molar-refractivity contribution is 5.94. The molecule has 19 heavy (non-hydrogen) atoms. The van der Waals surface area contributed by atoms with Crippen LogP contribution >= 0.6 is 0 Å². The molecule has 1 aromatic heterocycles. The molecular formula is C14H17FN2O2. The first-order chi connectivity index (χ1) is 9.19. The quantitative estimate of drug-likeness (QED) is 0.866. The average molecular weight is 264 g/mol. The zero-order chi connectivity index (χ0) is 13.4. The Morgan fingerprint density at radius 3 is 2.95 bits per heavy atom. The molecule has 4 atom stereocenters. The first-order valence-electron chi connectivity index (χ1n) is 6.71. The highest BCUT2D eigenvalue weighted by Crippen LogP contribution is 2.48. The van der Waals surface area contributed by atoms with Gasteiger partial charge in [-0.1, -0.05) is 0 Å². The van der Waals surface area contributed by atoms with Crippen LogP contribution in [-0.4, -0.2) is 28.6 Å². The molecule has 2 N–H and O–H groups in total. The van der Waals surface area contributed by atoms with Crippen molar-refractivity contribution in [3.05, 3.63) is 29.8 Å². The molecule has 5 heteroatoms. The summed E-state index contributed by atoms with van der Waals surface area (Å²) in [7, 11) is 0. The second-order valence-electron chi connectivity index (χ2n) is 5.57. The van der Waals surface area contributed by atoms with Gasteiger partial charge in [0.2, 0.25) is 0 Å². The molecule has 0 spiro atoms. The van der Waals surface area contributed by atoms with E-state index in [0.29, 0.717) is 11.8 Å². The van der Waals surface area contributed by atoms with Crippen molar-refractivity contribution in [3.63, 3.8) is 0 Å². The first-order valence-corrected chi connectivity index (χ1v) is 6.71. The van der Waals surface area contributed by atoms with Crippen molar-refractivity contribution < 1.29 is 14.3 Å². The number of pyridine rings is 1. The van der Waals surface area contributed by atoms with E-state index in [-0.39, 0.29) is 30.0 Å². The fourth-order valence-electron chi connectivity index (χ4n) is 3.67. The lowest BCUT2D eigenvalue weighted by Gasteiger charge is -2.30. The molecule has 0 aliphatic heterocycles. The summed E-state index contributed by atoms with van der Waals surface area (Å²) in [6, 6.07) is 1.20. The summed E-state index contributed by atoms with van der Waals surface area (Å²) in [5, 5.41) is 12.4. The number of carbonyl (C=O) groups excluding carboxylic acids is 1. The zero-order valence-electron chi connectivity index (χ0n) is 10.6. The number of aliphatic hydroxyl groups is 1. The normalized spacial score (nSPS) is 32.5. The van der Waals surface area contributed by atoms with E-state index in [4.69, 9.17) is 0 Å². The molecule has 102 valence electrons. The average Bonchev–Trinajstić information content (AvgIpc) is 2.99. The number of halogens is 1. The molecule has 4 unspecified atom stereocenters. The van der Waals surface area contributed by atoms with Gasteiger partial charge >= 0.3 is 0 Å². The van der Waals surface area contributed by atoms with Gasteiger partial charge in [-0.3, -0.25) is 9.78 Å². The van der Waals surface area contributed by atoms with Crippen LogP contribution in [0.1, 0.15) is 29.6 Å². The number of carbonyl (C=O) groups is 1. The Morgan fingerprint density at radius 2 is 2.21 bits per heavy atom. The molecule has 2 fully saturated rings. The molecule has 2 bridgehead atoms. The Kier molecular flexibility index (Phi) is 3.22. The second-order valence-corrected chi connectivity index (χ2v) is 5.57. The molecule has 3 rings (SSSR count). The predicted octanol–water partition coefficient (Wildman–Crippen LogP) is 1.36. The van der Waals surface area contributed by atoms with Crippen LogP contribution in [0.15, 0.2) is 18.5 Å². The maximum Gasteiger partial charge on any atom is 0.253 e. The van der Waals surface area contributed by atoms with E-state index in [2.05, 4.69) is 10.3 Å². The van der Waals surface area contributed by atoms with Crippen molar-refractivity contribution in [2.24, 2.45) is 17.8 Å². The highest BCUT2D eigenvalue weighted by Gasteiger charge is 2.47. The number of hydrogen-bond donors (Lipinski definition) is 2. The first kappa shape index (κ1) is 12.5. The fraction of sp³-hybridized carbons (Fsp3) is 0.571. The lowest BCUT2D eigenvalue weighted by atomic mass is 9.85. The Morgan fingerprint density at radius 1 is 1.42 bits per heavy atom. The minimum absolute atomic E-state index is 0.0134. The number of aliphatic hydroxyl groups excluding tert-OH is 1. The summed E-state index contributed by atoms with van der Waals surface area (Å²) in [5.41, 5.74) is 0.236. The van der Waals surface area contributed by atoms with Crippen molar-refractivity contribution in [1.82, 2.24) is 10.3 Å². The number of hydrogen-bond acceptors (Lipinski definition) is 3. The molecular weight excluding hydrogens is 247 g/mol. The minimum atomic E-state index is -0.515. The van der Waals surface area contributed by atoms with E-state index in [1.807, 2.05) is 0 Å². The molecule has 0 saturated heterocycles. The number of nitrogens with one attached hydrogen (secondary N) is 1. The highest BCUT2D eigenvalue weighted by atomic mass is 19.1. The van der Waals surface area contributed by atoms with E-state index >= 15 is 0 Å². The van der Waals surface area contributed by atoms with Crippen LogP contribution in [-0.2, 0) is 0 Å². The van der Waals surface area contributed by atoms with Crippen molar-refractivity contribution in [2.75, 3.05) is 6.61 Å². The lowest BCUT2D eigenvalue weighted by Crippen LogP contribution is -2.45. The molecule has 1 amide bonds. The van der Waals surface area contributed by atoms with Gasteiger partial charge in [-0.05, 0) is 37.2 Å². The molecule has 1 heterocycles. The van der Waals surface area contributed by atoms with Crippen LogP contribution in [0.4, 0.5) is 4.39 Å². The van der Waals surface area contributed by atoms with Crippen LogP contribution in [0.5, 0.6) is 0 Å². The summed E-state index contributed by atoms with van der Waals surface area (Å²) in [6.07, 6.45) is 5.76. The van der Waals surface area contributed by atoms with E-state index in [0.717, 1.165) is 25.5 Å². The number of amides is 1. The Balaban J connectivity index is 1.73. The van der Waals surface area contributed by atoms with Gasteiger partial charge in [0, 0.05) is 24.8 Å². The third kappa shape index (κ3) is 2.23. The maximum atomic E-state index is 13.1. The van der Waals surface area contributed by atoms with Crippen LogP contribution in [0.25, 0.3) is 0 Å². The molecule has 2 saturated carbocycles. The van der Waals surface area contributed by atoms with Gasteiger partial charge in [0.05, 0.1) is 11.8 Å². The van der Waals surface area contributed by atoms with Gasteiger partial charge < -0.3 is 10.4 Å². The monoisotopic (exact) mass is 264 g/mol. The van der Waals surface area contributed by atoms with E-state index < -0.39 is 5.82 Å². The maximum absolute atomic E-state index is 13.1. The second kappa shape index (κ2) is 4.89. The fourth-order valence-corrected chi connectivity index (χ4v) is 3.67. The summed E-state index contributed by atoms with van der Waals surface area (Å²) in [4.78, 5) is 15.8. The van der Waals surface area contributed by atoms with Crippen LogP contribution < -0.4 is 5.32 Å². The number of fused-ring (bicyclic) bond motifs is 2. The molecule has 2 aliphatic rings. The summed E-state index contributed by atoms with van der Waals surface area (Å²) < 4.78 is 13.1. The van der Waals surface area contributed by atoms with Gasteiger partial charge in [-0.15, -0.1) is 0 Å². The van der Waals surface area contributed by atoms with Crippen molar-refractivity contribution in [1.29, 1.82) is 0 Å². The zero-order valence-corrected chi connectivity index (χ0v) is 10.6. The molecule has 1 aromatic rings. The smallest absolute Gasteiger partial charge is 0.253 e. The third-order valence-electron chi connectivity index (χ3n) is 4.56. The van der Waals surface area contributed by atoms with Crippen LogP contribution in [0, 0.1) is 23.6 Å². The Hall–Kier alpha value is -1.49. The third-order valence-corrected chi connectivity index (χ3v) is 4.56. The van der Waals surface area contributed by atoms with E-state index in [1.54, 1.807) is 0 Å². The van der Waals surface area contributed by atoms with Crippen LogP contribution in [0.3, 0.4) is 0 Å². The Bertz CT molecular complexity index is 494. The molecule has 2 aliphatic carbocycles. The van der Waals surface area contributed by atoms with Crippen molar-refractivity contribution in [2.45, 2.75) is 25.3 Å². The summed E-state index contributed by atoms with van der Waals surface area (Å²) in [5.74, 6) is 0.296. The molecule has 0 radical (unpaired) electrons. The van der Waals surface area contributed by atoms with E-state index in [9.17, 15) is 14.3 Å². The molecule has 4 nitrogen and oxygen atoms in total. The van der Waals surface area contributed by atoms with E-state index in [1.165, 1.54) is 12.3 Å². The van der Waals surface area contributed by atoms with Gasteiger partial charge in [-0.25, -0.2) is 4.39 Å². The van der Waals surface area contributed by atoms with Crippen LogP contribution in [0.2, 0.25) is 0 Å². The Labute approximate surface area is 111 Å². The molecule has 0 aromatic carbocycles. The topological polar surface area (TPSA) is 62.2 Å². The number of nitrogens with zero attached hydrogens (tertiary/aromatic N) is 1. The largest absolute Gasteiger partial charge is 0.396 e. The standard InChI is InChI=1S/C14H17FN2O2/c15-11-4-10(5-16-6-11)14(19)17-13-9-2-1-8(3-9)12(13)7-18/h4-6,8-9,12-13,18H,1-3,7H2,(H,17,19). The van der Waals surface area contributed by atoms with Gasteiger partial charge in [0.1, 0.15) is 5.82 Å². The van der Waals surface area contributed by atoms with Gasteiger partial charge in [-0.2, -0.15) is 0 Å². The van der Waals surface area contributed by atoms with Gasteiger partial charge in [0.15, 0.2) is 0 Å². The lowest BCUT2D eigenvalue weighted by molar-refractivity contribution is 0.0860. The minimum Gasteiger partial charge on any atom is -0.396 e. The SMILES string of the molecule is O=C(NC1C2CCC(C2)C1CO)c1cncc(F)c1. The van der Waals surface area contributed by atoms with Crippen molar-refractivity contribution in [3.8, 4) is 0 Å². The summed E-state index contributed by atoms with van der Waals surface area (Å²) in [6.45, 7) is 0.105. The van der Waals surface area contributed by atoms with Gasteiger partial charge in [0.25, 0.3) is 5.91 Å². The number of aromatic nitrogens is 1. The summed E-state index contributed by atoms with van der Waals surface area (Å²) >= 11 is 0. The predicted molar refractivity (Wildman–Crippen MR) is 66.9 cm³/mol.